The molecule has 0 amide bonds. The smallest absolute Gasteiger partial charge is 0.139 e. The minimum atomic E-state index is -0.0446. The van der Waals surface area contributed by atoms with Gasteiger partial charge in [-0.2, -0.15) is 0 Å². The Hall–Kier alpha value is -0.180. The summed E-state index contributed by atoms with van der Waals surface area (Å²) in [4.78, 5) is 20.6. The van der Waals surface area contributed by atoms with Gasteiger partial charge in [0.1, 0.15) is 11.6 Å². The Kier molecular flexibility index (Phi) is 7.66. The van der Waals surface area contributed by atoms with Crippen LogP contribution in [0.2, 0.25) is 0 Å². The lowest BCUT2D eigenvalue weighted by atomic mass is 10.2. The Bertz CT molecular complexity index is 110. The van der Waals surface area contributed by atoms with Crippen LogP contribution in [0, 0.1) is 0 Å². The molecule has 54 valence electrons. The molecule has 0 N–H and O–H groups in total. The fourth-order valence-electron chi connectivity index (χ4n) is 0.403. The van der Waals surface area contributed by atoms with Crippen molar-refractivity contribution in [1.29, 1.82) is 0 Å². The average molecular weight is 195 g/mol. The van der Waals surface area contributed by atoms with Crippen molar-refractivity contribution < 1.29 is 9.59 Å². The Morgan fingerprint density at radius 1 is 1.33 bits per heavy atom. The van der Waals surface area contributed by atoms with Crippen LogP contribution in [0.4, 0.5) is 0 Å². The predicted octanol–water partition coefficient (Wildman–Crippen LogP) is 1.52. The molecular formula is C6H11BrO2. The third-order valence-electron chi connectivity index (χ3n) is 0.840. The SMILES string of the molecule is Br.CCC(=O)CC(C)=O. The fraction of sp³-hybridized carbons (Fsp3) is 0.667. The van der Waals surface area contributed by atoms with Crippen molar-refractivity contribution >= 4 is 28.5 Å². The summed E-state index contributed by atoms with van der Waals surface area (Å²) in [5.74, 6) is -0.0191. The number of carbonyl (C=O) groups excluding carboxylic acids is 2. The molecule has 9 heavy (non-hydrogen) atoms. The molecule has 0 atom stereocenters. The fourth-order valence-corrected chi connectivity index (χ4v) is 0.403. The van der Waals surface area contributed by atoms with Gasteiger partial charge in [0.25, 0.3) is 0 Å². The zero-order valence-electron chi connectivity index (χ0n) is 5.64. The maximum Gasteiger partial charge on any atom is 0.139 e. The van der Waals surface area contributed by atoms with E-state index >= 15 is 0 Å². The first kappa shape index (κ1) is 11.6. The maximum absolute atomic E-state index is 10.4. The Labute approximate surface area is 65.4 Å². The van der Waals surface area contributed by atoms with Gasteiger partial charge in [-0.25, -0.2) is 0 Å². The summed E-state index contributed by atoms with van der Waals surface area (Å²) < 4.78 is 0. The van der Waals surface area contributed by atoms with Gasteiger partial charge in [-0.15, -0.1) is 17.0 Å². The quantitative estimate of drug-likeness (QED) is 0.639. The van der Waals surface area contributed by atoms with Crippen molar-refractivity contribution in [2.45, 2.75) is 26.7 Å². The second kappa shape index (κ2) is 5.95. The van der Waals surface area contributed by atoms with Crippen molar-refractivity contribution in [1.82, 2.24) is 0 Å². The summed E-state index contributed by atoms with van der Waals surface area (Å²) in [5.41, 5.74) is 0. The molecule has 0 aliphatic heterocycles. The van der Waals surface area contributed by atoms with Crippen LogP contribution in [0.3, 0.4) is 0 Å². The molecule has 0 aromatic carbocycles. The molecule has 0 spiro atoms. The molecule has 3 heteroatoms. The van der Waals surface area contributed by atoms with Gasteiger partial charge in [0.2, 0.25) is 0 Å². The summed E-state index contributed by atoms with van der Waals surface area (Å²) in [5, 5.41) is 0. The Morgan fingerprint density at radius 2 is 1.78 bits per heavy atom. The molecular weight excluding hydrogens is 184 g/mol. The number of carbonyl (C=O) groups is 2. The van der Waals surface area contributed by atoms with Crippen LogP contribution >= 0.6 is 17.0 Å². The van der Waals surface area contributed by atoms with E-state index in [1.165, 1.54) is 6.92 Å². The molecule has 0 unspecified atom stereocenters. The van der Waals surface area contributed by atoms with E-state index in [1.807, 2.05) is 0 Å². The molecule has 0 saturated heterocycles. The van der Waals surface area contributed by atoms with E-state index in [9.17, 15) is 9.59 Å². The number of hydrogen-bond donors (Lipinski definition) is 0. The summed E-state index contributed by atoms with van der Waals surface area (Å²) >= 11 is 0. The second-order valence-corrected chi connectivity index (χ2v) is 1.77. The van der Waals surface area contributed by atoms with Crippen LogP contribution in [-0.2, 0) is 9.59 Å². The van der Waals surface area contributed by atoms with Crippen molar-refractivity contribution in [2.24, 2.45) is 0 Å². The van der Waals surface area contributed by atoms with Crippen molar-refractivity contribution in [3.63, 3.8) is 0 Å². The molecule has 2 nitrogen and oxygen atoms in total. The molecule has 0 rings (SSSR count). The Morgan fingerprint density at radius 3 is 1.89 bits per heavy atom. The van der Waals surface area contributed by atoms with E-state index in [-0.39, 0.29) is 35.0 Å². The monoisotopic (exact) mass is 194 g/mol. The minimum Gasteiger partial charge on any atom is -0.300 e. The molecule has 0 bridgehead atoms. The van der Waals surface area contributed by atoms with Gasteiger partial charge >= 0.3 is 0 Å². The molecule has 0 radical (unpaired) electrons. The van der Waals surface area contributed by atoms with Gasteiger partial charge in [-0.3, -0.25) is 9.59 Å². The first-order chi connectivity index (χ1) is 3.66. The van der Waals surface area contributed by atoms with Gasteiger partial charge in [0, 0.05) is 6.42 Å². The molecule has 0 aliphatic rings. The lowest BCUT2D eigenvalue weighted by molar-refractivity contribution is -0.125. The summed E-state index contributed by atoms with van der Waals surface area (Å²) in [6.07, 6.45) is 0.579. The Balaban J connectivity index is 0. The second-order valence-electron chi connectivity index (χ2n) is 1.77. The largest absolute Gasteiger partial charge is 0.300 e. The van der Waals surface area contributed by atoms with E-state index in [1.54, 1.807) is 6.92 Å². The van der Waals surface area contributed by atoms with Crippen LogP contribution in [-0.4, -0.2) is 11.6 Å². The summed E-state index contributed by atoms with van der Waals surface area (Å²) in [7, 11) is 0. The third-order valence-corrected chi connectivity index (χ3v) is 0.840. The van der Waals surface area contributed by atoms with Gasteiger partial charge < -0.3 is 0 Å². The highest BCUT2D eigenvalue weighted by atomic mass is 79.9. The topological polar surface area (TPSA) is 34.1 Å². The van der Waals surface area contributed by atoms with Crippen LogP contribution in [0.5, 0.6) is 0 Å². The van der Waals surface area contributed by atoms with Crippen LogP contribution in [0.25, 0.3) is 0 Å². The van der Waals surface area contributed by atoms with Crippen molar-refractivity contribution in [3.8, 4) is 0 Å². The lowest BCUT2D eigenvalue weighted by Gasteiger charge is -1.87. The van der Waals surface area contributed by atoms with Crippen LogP contribution in [0.1, 0.15) is 26.7 Å². The van der Waals surface area contributed by atoms with E-state index < -0.39 is 0 Å². The molecule has 0 heterocycles. The van der Waals surface area contributed by atoms with E-state index in [4.69, 9.17) is 0 Å². The van der Waals surface area contributed by atoms with Gasteiger partial charge in [-0.05, 0) is 6.92 Å². The minimum absolute atomic E-state index is 0. The van der Waals surface area contributed by atoms with E-state index in [0.29, 0.717) is 6.42 Å². The highest BCUT2D eigenvalue weighted by Gasteiger charge is 1.99. The predicted molar refractivity (Wildman–Crippen MR) is 40.9 cm³/mol. The zero-order valence-corrected chi connectivity index (χ0v) is 7.35. The number of halogens is 1. The molecule has 0 aromatic rings. The standard InChI is InChI=1S/C6H10O2.BrH/c1-3-6(8)4-5(2)7;/h3-4H2,1-2H3;1H. The van der Waals surface area contributed by atoms with Gasteiger partial charge in [0.15, 0.2) is 0 Å². The van der Waals surface area contributed by atoms with E-state index in [2.05, 4.69) is 0 Å². The summed E-state index contributed by atoms with van der Waals surface area (Å²) in [6, 6.07) is 0. The average Bonchev–Trinajstić information content (AvgIpc) is 1.65. The highest BCUT2D eigenvalue weighted by molar-refractivity contribution is 8.93. The molecule has 0 aliphatic carbocycles. The van der Waals surface area contributed by atoms with Crippen LogP contribution in [0.15, 0.2) is 0 Å². The summed E-state index contributed by atoms with van der Waals surface area (Å²) in [6.45, 7) is 3.18. The maximum atomic E-state index is 10.4. The number of hydrogen-bond acceptors (Lipinski definition) is 2. The van der Waals surface area contributed by atoms with Gasteiger partial charge in [0.05, 0.1) is 6.42 Å². The van der Waals surface area contributed by atoms with Crippen LogP contribution < -0.4 is 0 Å². The third kappa shape index (κ3) is 7.82. The highest BCUT2D eigenvalue weighted by Crippen LogP contribution is 1.87. The van der Waals surface area contributed by atoms with Crippen molar-refractivity contribution in [2.75, 3.05) is 0 Å². The molecule has 0 fully saturated rings. The normalized spacial score (nSPS) is 7.78. The first-order valence-corrected chi connectivity index (χ1v) is 2.68. The molecule has 0 saturated carbocycles. The number of Topliss-reactive ketones (excluding diaryl/α,β-unsaturated/α-hetero) is 2. The number of rotatable bonds is 3. The van der Waals surface area contributed by atoms with Gasteiger partial charge in [-0.1, -0.05) is 6.92 Å². The lowest BCUT2D eigenvalue weighted by Crippen LogP contribution is -2.01. The van der Waals surface area contributed by atoms with E-state index in [0.717, 1.165) is 0 Å². The molecule has 0 aromatic heterocycles. The van der Waals surface area contributed by atoms with Crippen molar-refractivity contribution in [3.05, 3.63) is 0 Å². The zero-order chi connectivity index (χ0) is 6.57. The number of ketones is 2. The first-order valence-electron chi connectivity index (χ1n) is 2.68.